The molecular formula is C16H17NS. The van der Waals surface area contributed by atoms with Crippen molar-refractivity contribution in [1.82, 2.24) is 4.98 Å². The van der Waals surface area contributed by atoms with Crippen LogP contribution >= 0.6 is 11.3 Å². The summed E-state index contributed by atoms with van der Waals surface area (Å²) in [5, 5.41) is 1.10. The van der Waals surface area contributed by atoms with Crippen LogP contribution in [0, 0.1) is 6.92 Å². The molecule has 0 radical (unpaired) electrons. The number of thiazole rings is 1. The molecule has 1 nitrogen and oxygen atoms in total. The Morgan fingerprint density at radius 1 is 0.889 bits per heavy atom. The van der Waals surface area contributed by atoms with Gasteiger partial charge in [0.15, 0.2) is 0 Å². The highest BCUT2D eigenvalue weighted by atomic mass is 32.1. The molecule has 1 heterocycles. The lowest BCUT2D eigenvalue weighted by Crippen LogP contribution is -1.76. The van der Waals surface area contributed by atoms with Gasteiger partial charge in [0, 0.05) is 5.56 Å². The fourth-order valence-corrected chi connectivity index (χ4v) is 2.66. The summed E-state index contributed by atoms with van der Waals surface area (Å²) in [5.41, 5.74) is 3.57. The average molecular weight is 255 g/mol. The van der Waals surface area contributed by atoms with Crippen LogP contribution in [0.2, 0.25) is 0 Å². The zero-order valence-corrected chi connectivity index (χ0v) is 11.8. The van der Waals surface area contributed by atoms with Gasteiger partial charge in [0.1, 0.15) is 5.01 Å². The van der Waals surface area contributed by atoms with E-state index in [2.05, 4.69) is 54.4 Å². The van der Waals surface area contributed by atoms with E-state index in [1.54, 1.807) is 11.3 Å². The van der Waals surface area contributed by atoms with Crippen molar-refractivity contribution in [1.29, 1.82) is 0 Å². The van der Waals surface area contributed by atoms with Gasteiger partial charge < -0.3 is 0 Å². The van der Waals surface area contributed by atoms with Crippen LogP contribution in [-0.2, 0) is 0 Å². The molecule has 0 aliphatic carbocycles. The van der Waals surface area contributed by atoms with Gasteiger partial charge in [-0.05, 0) is 19.1 Å². The summed E-state index contributed by atoms with van der Waals surface area (Å²) in [7, 11) is 0. The summed E-state index contributed by atoms with van der Waals surface area (Å²) in [6.07, 6.45) is 0. The Morgan fingerprint density at radius 3 is 2.22 bits per heavy atom. The maximum absolute atomic E-state index is 4.63. The van der Waals surface area contributed by atoms with Crippen LogP contribution in [0.15, 0.2) is 48.5 Å². The molecule has 0 N–H and O–H groups in total. The number of hydrogen-bond acceptors (Lipinski definition) is 2. The van der Waals surface area contributed by atoms with Gasteiger partial charge in [-0.15, -0.1) is 11.3 Å². The Balaban J connectivity index is 0.000000574. The van der Waals surface area contributed by atoms with E-state index < -0.39 is 0 Å². The summed E-state index contributed by atoms with van der Waals surface area (Å²) in [4.78, 5) is 4.63. The molecule has 0 aliphatic rings. The molecule has 3 aromatic rings. The summed E-state index contributed by atoms with van der Waals surface area (Å²) >= 11 is 1.75. The maximum Gasteiger partial charge on any atom is 0.124 e. The lowest BCUT2D eigenvalue weighted by molar-refractivity contribution is 1.44. The second-order valence-electron chi connectivity index (χ2n) is 3.85. The Kier molecular flexibility index (Phi) is 4.11. The monoisotopic (exact) mass is 255 g/mol. The lowest BCUT2D eigenvalue weighted by Gasteiger charge is -1.95. The maximum atomic E-state index is 4.63. The predicted molar refractivity (Wildman–Crippen MR) is 81.1 cm³/mol. The van der Waals surface area contributed by atoms with E-state index >= 15 is 0 Å². The van der Waals surface area contributed by atoms with Crippen LogP contribution in [0.3, 0.4) is 0 Å². The van der Waals surface area contributed by atoms with Crippen LogP contribution in [0.4, 0.5) is 0 Å². The van der Waals surface area contributed by atoms with E-state index in [4.69, 9.17) is 0 Å². The summed E-state index contributed by atoms with van der Waals surface area (Å²) < 4.78 is 1.25. The van der Waals surface area contributed by atoms with Gasteiger partial charge >= 0.3 is 0 Å². The molecule has 0 spiro atoms. The minimum absolute atomic E-state index is 1.09. The molecule has 0 bridgehead atoms. The third-order valence-electron chi connectivity index (χ3n) is 2.59. The number of para-hydroxylation sites is 1. The van der Waals surface area contributed by atoms with E-state index in [0.29, 0.717) is 0 Å². The van der Waals surface area contributed by atoms with Crippen molar-refractivity contribution in [2.45, 2.75) is 20.8 Å². The Bertz CT molecular complexity index is 590. The lowest BCUT2D eigenvalue weighted by atomic mass is 10.2. The van der Waals surface area contributed by atoms with Gasteiger partial charge in [0.25, 0.3) is 0 Å². The molecule has 0 amide bonds. The SMILES string of the molecule is CC.Cc1ccc(-c2nc3ccccc3s2)cc1. The van der Waals surface area contributed by atoms with Crippen LogP contribution < -0.4 is 0 Å². The number of nitrogens with zero attached hydrogens (tertiary/aromatic N) is 1. The number of aromatic nitrogens is 1. The molecule has 1 aromatic heterocycles. The molecule has 92 valence electrons. The highest BCUT2D eigenvalue weighted by Crippen LogP contribution is 2.29. The fourth-order valence-electron chi connectivity index (χ4n) is 1.69. The van der Waals surface area contributed by atoms with E-state index in [1.807, 2.05) is 19.9 Å². The highest BCUT2D eigenvalue weighted by Gasteiger charge is 2.04. The number of hydrogen-bond donors (Lipinski definition) is 0. The molecule has 0 fully saturated rings. The van der Waals surface area contributed by atoms with Gasteiger partial charge in [-0.3, -0.25) is 0 Å². The first-order chi connectivity index (χ1) is 8.83. The van der Waals surface area contributed by atoms with Crippen molar-refractivity contribution < 1.29 is 0 Å². The summed E-state index contributed by atoms with van der Waals surface area (Å²) in [6, 6.07) is 16.8. The third-order valence-corrected chi connectivity index (χ3v) is 3.68. The fraction of sp³-hybridized carbons (Fsp3) is 0.188. The van der Waals surface area contributed by atoms with Gasteiger partial charge in [-0.25, -0.2) is 4.98 Å². The Labute approximate surface area is 112 Å². The standard InChI is InChI=1S/C14H11NS.C2H6/c1-10-6-8-11(9-7-10)14-15-12-4-2-3-5-13(12)16-14;1-2/h2-9H,1H3;1-2H3. The minimum Gasteiger partial charge on any atom is -0.236 e. The molecule has 18 heavy (non-hydrogen) atoms. The van der Waals surface area contributed by atoms with Crippen LogP contribution in [0.5, 0.6) is 0 Å². The molecule has 0 saturated heterocycles. The van der Waals surface area contributed by atoms with Crippen LogP contribution in [-0.4, -0.2) is 4.98 Å². The number of benzene rings is 2. The second kappa shape index (κ2) is 5.78. The smallest absolute Gasteiger partial charge is 0.124 e. The van der Waals surface area contributed by atoms with E-state index in [0.717, 1.165) is 10.5 Å². The Hall–Kier alpha value is -1.67. The first kappa shape index (κ1) is 12.8. The number of fused-ring (bicyclic) bond motifs is 1. The molecule has 0 unspecified atom stereocenters. The van der Waals surface area contributed by atoms with Gasteiger partial charge in [-0.2, -0.15) is 0 Å². The van der Waals surface area contributed by atoms with Crippen molar-refractivity contribution in [3.63, 3.8) is 0 Å². The zero-order chi connectivity index (χ0) is 13.0. The first-order valence-electron chi connectivity index (χ1n) is 6.25. The Morgan fingerprint density at radius 2 is 1.56 bits per heavy atom. The van der Waals surface area contributed by atoms with Gasteiger partial charge in [-0.1, -0.05) is 55.8 Å². The normalized spacial score (nSPS) is 9.94. The average Bonchev–Trinajstić information content (AvgIpc) is 2.85. The van der Waals surface area contributed by atoms with Crippen molar-refractivity contribution >= 4 is 21.6 Å². The molecule has 0 saturated carbocycles. The van der Waals surface area contributed by atoms with Gasteiger partial charge in [0.05, 0.1) is 10.2 Å². The van der Waals surface area contributed by atoms with Crippen LogP contribution in [0.25, 0.3) is 20.8 Å². The van der Waals surface area contributed by atoms with Gasteiger partial charge in [0.2, 0.25) is 0 Å². The van der Waals surface area contributed by atoms with Crippen molar-refractivity contribution in [3.8, 4) is 10.6 Å². The minimum atomic E-state index is 1.09. The zero-order valence-electron chi connectivity index (χ0n) is 11.0. The molecular weight excluding hydrogens is 238 g/mol. The molecule has 0 atom stereocenters. The van der Waals surface area contributed by atoms with Crippen LogP contribution in [0.1, 0.15) is 19.4 Å². The van der Waals surface area contributed by atoms with Crippen molar-refractivity contribution in [2.75, 3.05) is 0 Å². The molecule has 0 aliphatic heterocycles. The molecule has 2 heteroatoms. The predicted octanol–water partition coefficient (Wildman–Crippen LogP) is 5.30. The largest absolute Gasteiger partial charge is 0.236 e. The molecule has 3 rings (SSSR count). The number of rotatable bonds is 1. The van der Waals surface area contributed by atoms with E-state index in [9.17, 15) is 0 Å². The van der Waals surface area contributed by atoms with Crippen molar-refractivity contribution in [2.24, 2.45) is 0 Å². The second-order valence-corrected chi connectivity index (χ2v) is 4.88. The number of aryl methyl sites for hydroxylation is 1. The first-order valence-corrected chi connectivity index (χ1v) is 7.07. The van der Waals surface area contributed by atoms with Crippen molar-refractivity contribution in [3.05, 3.63) is 54.1 Å². The summed E-state index contributed by atoms with van der Waals surface area (Å²) in [6.45, 7) is 6.10. The van der Waals surface area contributed by atoms with E-state index in [1.165, 1.54) is 15.8 Å². The summed E-state index contributed by atoms with van der Waals surface area (Å²) in [5.74, 6) is 0. The highest BCUT2D eigenvalue weighted by molar-refractivity contribution is 7.21. The van der Waals surface area contributed by atoms with E-state index in [-0.39, 0.29) is 0 Å². The topological polar surface area (TPSA) is 12.9 Å². The quantitative estimate of drug-likeness (QED) is 0.575. The molecule has 2 aromatic carbocycles. The third kappa shape index (κ3) is 2.59.